The van der Waals surface area contributed by atoms with E-state index in [-0.39, 0.29) is 39.6 Å². The van der Waals surface area contributed by atoms with Crippen molar-refractivity contribution in [3.63, 3.8) is 0 Å². The lowest BCUT2D eigenvalue weighted by atomic mass is 9.99. The quantitative estimate of drug-likeness (QED) is 0.566. The van der Waals surface area contributed by atoms with Gasteiger partial charge in [0.05, 0.1) is 15.6 Å². The van der Waals surface area contributed by atoms with E-state index in [9.17, 15) is 22.0 Å². The van der Waals surface area contributed by atoms with Crippen molar-refractivity contribution in [3.05, 3.63) is 69.1 Å². The SMILES string of the molecule is O=C(Nc1ccccc1F)c1nnc(C2CCN(S(=O)(=O)c3ccc(F)c(Cl)c3)CC2)s1. The molecule has 2 aromatic carbocycles. The highest BCUT2D eigenvalue weighted by molar-refractivity contribution is 7.89. The highest BCUT2D eigenvalue weighted by atomic mass is 35.5. The summed E-state index contributed by atoms with van der Waals surface area (Å²) in [6.45, 7) is 0.469. The fourth-order valence-corrected chi connectivity index (χ4v) is 6.01. The molecule has 1 aliphatic heterocycles. The molecule has 0 unspecified atom stereocenters. The van der Waals surface area contributed by atoms with Crippen molar-refractivity contribution in [2.75, 3.05) is 18.4 Å². The van der Waals surface area contributed by atoms with Crippen LogP contribution < -0.4 is 5.32 Å². The molecule has 0 bridgehead atoms. The Morgan fingerprint density at radius 1 is 1.09 bits per heavy atom. The third kappa shape index (κ3) is 4.65. The van der Waals surface area contributed by atoms with Crippen LogP contribution in [0.25, 0.3) is 0 Å². The minimum Gasteiger partial charge on any atom is -0.317 e. The van der Waals surface area contributed by atoms with Gasteiger partial charge in [-0.25, -0.2) is 17.2 Å². The summed E-state index contributed by atoms with van der Waals surface area (Å²) >= 11 is 6.82. The van der Waals surface area contributed by atoms with Gasteiger partial charge in [-0.15, -0.1) is 10.2 Å². The van der Waals surface area contributed by atoms with Gasteiger partial charge in [0.2, 0.25) is 15.0 Å². The molecule has 1 amide bonds. The Balaban J connectivity index is 1.40. The third-order valence-electron chi connectivity index (χ3n) is 5.09. The van der Waals surface area contributed by atoms with E-state index in [0.717, 1.165) is 23.5 Å². The Hall–Kier alpha value is -2.47. The van der Waals surface area contributed by atoms with Crippen molar-refractivity contribution >= 4 is 44.6 Å². The summed E-state index contributed by atoms with van der Waals surface area (Å²) in [7, 11) is -3.80. The number of halogens is 3. The van der Waals surface area contributed by atoms with Crippen LogP contribution in [-0.2, 0) is 10.0 Å². The summed E-state index contributed by atoms with van der Waals surface area (Å²) in [5.74, 6) is -1.87. The Bertz CT molecular complexity index is 1260. The zero-order chi connectivity index (χ0) is 22.9. The second kappa shape index (κ2) is 9.18. The lowest BCUT2D eigenvalue weighted by Gasteiger charge is -2.30. The molecule has 2 heterocycles. The van der Waals surface area contributed by atoms with Crippen LogP contribution in [0, 0.1) is 11.6 Å². The van der Waals surface area contributed by atoms with Gasteiger partial charge < -0.3 is 5.32 Å². The molecule has 0 spiro atoms. The van der Waals surface area contributed by atoms with Crippen molar-refractivity contribution in [2.45, 2.75) is 23.7 Å². The third-order valence-corrected chi connectivity index (χ3v) is 8.36. The van der Waals surface area contributed by atoms with Crippen molar-refractivity contribution < 1.29 is 22.0 Å². The molecule has 0 saturated carbocycles. The number of hydrogen-bond donors (Lipinski definition) is 1. The van der Waals surface area contributed by atoms with Crippen LogP contribution in [0.3, 0.4) is 0 Å². The van der Waals surface area contributed by atoms with E-state index in [2.05, 4.69) is 15.5 Å². The van der Waals surface area contributed by atoms with Crippen molar-refractivity contribution in [3.8, 4) is 0 Å². The molecule has 12 heteroatoms. The predicted octanol–water partition coefficient (Wildman–Crippen LogP) is 4.29. The fourth-order valence-electron chi connectivity index (χ4n) is 3.36. The molecule has 7 nitrogen and oxygen atoms in total. The second-order valence-corrected chi connectivity index (χ2v) is 10.5. The number of sulfonamides is 1. The Kier molecular flexibility index (Phi) is 6.52. The molecule has 1 aromatic heterocycles. The molecule has 0 atom stereocenters. The number of rotatable bonds is 5. The molecule has 0 radical (unpaired) electrons. The maximum atomic E-state index is 13.7. The summed E-state index contributed by atoms with van der Waals surface area (Å²) in [5, 5.41) is 10.9. The molecule has 1 aliphatic rings. The van der Waals surface area contributed by atoms with Crippen LogP contribution in [0.1, 0.15) is 33.6 Å². The van der Waals surface area contributed by atoms with Gasteiger partial charge in [0.1, 0.15) is 16.6 Å². The Labute approximate surface area is 192 Å². The molecule has 4 rings (SSSR count). The number of piperidine rings is 1. The van der Waals surface area contributed by atoms with Gasteiger partial charge in [0.15, 0.2) is 0 Å². The largest absolute Gasteiger partial charge is 0.317 e. The zero-order valence-corrected chi connectivity index (χ0v) is 18.9. The monoisotopic (exact) mass is 498 g/mol. The summed E-state index contributed by atoms with van der Waals surface area (Å²) in [6, 6.07) is 9.12. The normalized spacial score (nSPS) is 15.6. The number of amides is 1. The molecular formula is C20H17ClF2N4O3S2. The maximum absolute atomic E-state index is 13.7. The van der Waals surface area contributed by atoms with E-state index in [1.54, 1.807) is 6.07 Å². The summed E-state index contributed by atoms with van der Waals surface area (Å²) in [4.78, 5) is 12.3. The topological polar surface area (TPSA) is 92.3 Å². The van der Waals surface area contributed by atoms with Crippen LogP contribution in [0.2, 0.25) is 5.02 Å². The van der Waals surface area contributed by atoms with Gasteiger partial charge in [-0.2, -0.15) is 4.31 Å². The molecule has 3 aromatic rings. The Morgan fingerprint density at radius 3 is 2.50 bits per heavy atom. The minimum absolute atomic E-state index is 0.0497. The number of hydrogen-bond acceptors (Lipinski definition) is 6. The molecule has 168 valence electrons. The minimum atomic E-state index is -3.80. The first kappa shape index (κ1) is 22.7. The standard InChI is InChI=1S/C20H17ClF2N4O3S2/c21-14-11-13(5-6-15(14)22)32(29,30)27-9-7-12(8-10-27)19-25-26-20(31-19)18(28)24-17-4-2-1-3-16(17)23/h1-6,11-12H,7-10H2,(H,24,28). The van der Waals surface area contributed by atoms with Gasteiger partial charge in [-0.05, 0) is 43.2 Å². The van der Waals surface area contributed by atoms with Crippen molar-refractivity contribution in [2.24, 2.45) is 0 Å². The smallest absolute Gasteiger partial charge is 0.286 e. The number of nitrogens with one attached hydrogen (secondary N) is 1. The van der Waals surface area contributed by atoms with E-state index in [4.69, 9.17) is 11.6 Å². The molecule has 32 heavy (non-hydrogen) atoms. The number of carbonyl (C=O) groups excluding carboxylic acids is 1. The van der Waals surface area contributed by atoms with Gasteiger partial charge >= 0.3 is 0 Å². The Morgan fingerprint density at radius 2 is 1.81 bits per heavy atom. The lowest BCUT2D eigenvalue weighted by Crippen LogP contribution is -2.37. The van der Waals surface area contributed by atoms with E-state index in [0.29, 0.717) is 17.8 Å². The van der Waals surface area contributed by atoms with Crippen LogP contribution in [0.5, 0.6) is 0 Å². The first-order valence-electron chi connectivity index (χ1n) is 9.60. The molecule has 1 saturated heterocycles. The number of nitrogens with zero attached hydrogens (tertiary/aromatic N) is 3. The molecule has 1 N–H and O–H groups in total. The lowest BCUT2D eigenvalue weighted by molar-refractivity contribution is 0.102. The van der Waals surface area contributed by atoms with Gasteiger partial charge in [-0.3, -0.25) is 4.79 Å². The van der Waals surface area contributed by atoms with E-state index < -0.39 is 27.6 Å². The van der Waals surface area contributed by atoms with E-state index in [1.165, 1.54) is 28.6 Å². The van der Waals surface area contributed by atoms with Crippen molar-refractivity contribution in [1.29, 1.82) is 0 Å². The van der Waals surface area contributed by atoms with Gasteiger partial charge in [0, 0.05) is 19.0 Å². The van der Waals surface area contributed by atoms with Crippen LogP contribution in [0.4, 0.5) is 14.5 Å². The first-order valence-corrected chi connectivity index (χ1v) is 12.2. The predicted molar refractivity (Wildman–Crippen MR) is 116 cm³/mol. The molecular weight excluding hydrogens is 482 g/mol. The summed E-state index contributed by atoms with van der Waals surface area (Å²) < 4.78 is 54.1. The number of benzene rings is 2. The maximum Gasteiger partial charge on any atom is 0.286 e. The summed E-state index contributed by atoms with van der Waals surface area (Å²) in [5.41, 5.74) is 0.0497. The number of para-hydroxylation sites is 1. The fraction of sp³-hybridized carbons (Fsp3) is 0.250. The highest BCUT2D eigenvalue weighted by Gasteiger charge is 2.32. The first-order chi connectivity index (χ1) is 15.3. The van der Waals surface area contributed by atoms with Crippen LogP contribution in [-0.4, -0.2) is 41.9 Å². The zero-order valence-electron chi connectivity index (χ0n) is 16.5. The van der Waals surface area contributed by atoms with E-state index in [1.807, 2.05) is 0 Å². The van der Waals surface area contributed by atoms with Crippen molar-refractivity contribution in [1.82, 2.24) is 14.5 Å². The van der Waals surface area contributed by atoms with Crippen LogP contribution >= 0.6 is 22.9 Å². The van der Waals surface area contributed by atoms with Gasteiger partial charge in [-0.1, -0.05) is 35.1 Å². The molecule has 0 aliphatic carbocycles. The van der Waals surface area contributed by atoms with Crippen LogP contribution in [0.15, 0.2) is 47.4 Å². The molecule has 1 fully saturated rings. The number of carbonyl (C=O) groups is 1. The average Bonchev–Trinajstić information content (AvgIpc) is 3.28. The number of anilines is 1. The average molecular weight is 499 g/mol. The summed E-state index contributed by atoms with van der Waals surface area (Å²) in [6.07, 6.45) is 0.968. The number of aromatic nitrogens is 2. The van der Waals surface area contributed by atoms with Gasteiger partial charge in [0.25, 0.3) is 5.91 Å². The van der Waals surface area contributed by atoms with E-state index >= 15 is 0 Å². The highest BCUT2D eigenvalue weighted by Crippen LogP contribution is 2.33. The second-order valence-electron chi connectivity index (χ2n) is 7.13.